The fraction of sp³-hybridized carbons (Fsp3) is 0.118. The molecule has 0 saturated heterocycles. The molecule has 0 radical (unpaired) electrons. The average molecular weight is 363 g/mol. The van der Waals surface area contributed by atoms with Crippen LogP contribution in [0.25, 0.3) is 10.8 Å². The van der Waals surface area contributed by atoms with Gasteiger partial charge in [-0.25, -0.2) is 4.68 Å². The molecule has 2 aromatic carbocycles. The van der Waals surface area contributed by atoms with Crippen molar-refractivity contribution >= 4 is 22.4 Å². The van der Waals surface area contributed by atoms with E-state index < -0.39 is 30.1 Å². The van der Waals surface area contributed by atoms with Crippen LogP contribution in [-0.4, -0.2) is 22.1 Å². The summed E-state index contributed by atoms with van der Waals surface area (Å²) < 4.78 is 42.1. The zero-order chi connectivity index (χ0) is 18.7. The number of carbonyl (C=O) groups excluding carboxylic acids is 1. The Hall–Kier alpha value is -3.36. The molecule has 3 aromatic rings. The van der Waals surface area contributed by atoms with Gasteiger partial charge in [0.1, 0.15) is 6.54 Å². The molecular formula is C17H12F3N3O3. The molecule has 0 aliphatic rings. The largest absolute Gasteiger partial charge is 0.573 e. The van der Waals surface area contributed by atoms with Gasteiger partial charge >= 0.3 is 6.36 Å². The van der Waals surface area contributed by atoms with E-state index in [1.807, 2.05) is 0 Å². The molecule has 1 N–H and O–H groups in total. The van der Waals surface area contributed by atoms with Crippen LogP contribution in [0.15, 0.2) is 59.5 Å². The topological polar surface area (TPSA) is 73.2 Å². The summed E-state index contributed by atoms with van der Waals surface area (Å²) in [5.41, 5.74) is -0.637. The second-order valence-electron chi connectivity index (χ2n) is 5.29. The van der Waals surface area contributed by atoms with Crippen molar-refractivity contribution in [2.45, 2.75) is 12.9 Å². The highest BCUT2D eigenvalue weighted by atomic mass is 19.4. The van der Waals surface area contributed by atoms with Gasteiger partial charge < -0.3 is 10.1 Å². The van der Waals surface area contributed by atoms with Gasteiger partial charge in [0, 0.05) is 5.39 Å². The van der Waals surface area contributed by atoms with Crippen molar-refractivity contribution in [2.24, 2.45) is 0 Å². The first-order chi connectivity index (χ1) is 12.3. The molecule has 0 aliphatic heterocycles. The average Bonchev–Trinajstić information content (AvgIpc) is 2.58. The van der Waals surface area contributed by atoms with Crippen molar-refractivity contribution in [1.29, 1.82) is 0 Å². The standard InChI is InChI=1S/C17H12F3N3O3/c18-17(19,20)26-14-8-4-3-7-13(14)22-15(24)10-23-16(25)12-6-2-1-5-11(12)9-21-23/h1-9H,10H2,(H,22,24). The lowest BCUT2D eigenvalue weighted by atomic mass is 10.2. The minimum Gasteiger partial charge on any atom is -0.404 e. The van der Waals surface area contributed by atoms with Crippen molar-refractivity contribution in [3.05, 3.63) is 65.1 Å². The Morgan fingerprint density at radius 2 is 1.81 bits per heavy atom. The SMILES string of the molecule is O=C(Cn1ncc2ccccc2c1=O)Nc1ccccc1OC(F)(F)F. The third kappa shape index (κ3) is 4.00. The Labute approximate surface area is 144 Å². The first-order valence-corrected chi connectivity index (χ1v) is 7.43. The highest BCUT2D eigenvalue weighted by Gasteiger charge is 2.32. The maximum Gasteiger partial charge on any atom is 0.573 e. The van der Waals surface area contributed by atoms with Crippen LogP contribution in [0.2, 0.25) is 0 Å². The third-order valence-electron chi connectivity index (χ3n) is 3.44. The number of aromatic nitrogens is 2. The van der Waals surface area contributed by atoms with Crippen LogP contribution in [0, 0.1) is 0 Å². The van der Waals surface area contributed by atoms with Crippen molar-refractivity contribution in [2.75, 3.05) is 5.32 Å². The molecule has 0 atom stereocenters. The van der Waals surface area contributed by atoms with Gasteiger partial charge in [0.25, 0.3) is 5.56 Å². The summed E-state index contributed by atoms with van der Waals surface area (Å²) in [5.74, 6) is -1.26. The zero-order valence-corrected chi connectivity index (χ0v) is 13.2. The Bertz CT molecular complexity index is 1020. The second kappa shape index (κ2) is 6.87. The van der Waals surface area contributed by atoms with Gasteiger partial charge in [0.05, 0.1) is 17.3 Å². The molecule has 0 unspecified atom stereocenters. The number of carbonyl (C=O) groups is 1. The van der Waals surface area contributed by atoms with Gasteiger partial charge in [-0.15, -0.1) is 13.2 Å². The Morgan fingerprint density at radius 1 is 1.12 bits per heavy atom. The van der Waals surface area contributed by atoms with Crippen LogP contribution >= 0.6 is 0 Å². The van der Waals surface area contributed by atoms with Crippen LogP contribution < -0.4 is 15.6 Å². The molecule has 9 heteroatoms. The van der Waals surface area contributed by atoms with Crippen molar-refractivity contribution < 1.29 is 22.7 Å². The number of hydrogen-bond donors (Lipinski definition) is 1. The van der Waals surface area contributed by atoms with Gasteiger partial charge in [-0.3, -0.25) is 9.59 Å². The van der Waals surface area contributed by atoms with Gasteiger partial charge in [0.2, 0.25) is 5.91 Å². The molecule has 6 nitrogen and oxygen atoms in total. The smallest absolute Gasteiger partial charge is 0.404 e. The number of hydrogen-bond acceptors (Lipinski definition) is 4. The number of fused-ring (bicyclic) bond motifs is 1. The number of nitrogens with zero attached hydrogens (tertiary/aromatic N) is 2. The van der Waals surface area contributed by atoms with Crippen LogP contribution in [-0.2, 0) is 11.3 Å². The van der Waals surface area contributed by atoms with E-state index in [0.29, 0.717) is 10.8 Å². The summed E-state index contributed by atoms with van der Waals surface area (Å²) >= 11 is 0. The first kappa shape index (κ1) is 17.5. The van der Waals surface area contributed by atoms with E-state index in [2.05, 4.69) is 15.2 Å². The number of anilines is 1. The van der Waals surface area contributed by atoms with E-state index in [1.54, 1.807) is 24.3 Å². The molecule has 0 saturated carbocycles. The van der Waals surface area contributed by atoms with E-state index in [9.17, 15) is 22.8 Å². The molecule has 1 aromatic heterocycles. The lowest BCUT2D eigenvalue weighted by Crippen LogP contribution is -2.29. The maximum atomic E-state index is 12.4. The van der Waals surface area contributed by atoms with Gasteiger partial charge in [-0.2, -0.15) is 5.10 Å². The summed E-state index contributed by atoms with van der Waals surface area (Å²) in [6.07, 6.45) is -3.46. The minimum absolute atomic E-state index is 0.163. The zero-order valence-electron chi connectivity index (χ0n) is 13.2. The molecule has 0 fully saturated rings. The summed E-state index contributed by atoms with van der Waals surface area (Å²) in [4.78, 5) is 24.5. The molecule has 134 valence electrons. The maximum absolute atomic E-state index is 12.4. The van der Waals surface area contributed by atoms with E-state index >= 15 is 0 Å². The van der Waals surface area contributed by atoms with E-state index in [1.165, 1.54) is 24.4 Å². The number of amides is 1. The van der Waals surface area contributed by atoms with Gasteiger partial charge in [-0.05, 0) is 18.2 Å². The first-order valence-electron chi connectivity index (χ1n) is 7.43. The monoisotopic (exact) mass is 363 g/mol. The predicted octanol–water partition coefficient (Wildman–Crippen LogP) is 2.93. The highest BCUT2D eigenvalue weighted by Crippen LogP contribution is 2.29. The number of ether oxygens (including phenoxy) is 1. The molecule has 1 heterocycles. The van der Waals surface area contributed by atoms with Crippen LogP contribution in [0.4, 0.5) is 18.9 Å². The molecule has 0 aliphatic carbocycles. The summed E-state index contributed by atoms with van der Waals surface area (Å²) in [6, 6.07) is 11.8. The number of alkyl halides is 3. The Morgan fingerprint density at radius 3 is 2.58 bits per heavy atom. The van der Waals surface area contributed by atoms with E-state index in [-0.39, 0.29) is 5.69 Å². The van der Waals surface area contributed by atoms with Crippen molar-refractivity contribution in [3.8, 4) is 5.75 Å². The van der Waals surface area contributed by atoms with Crippen molar-refractivity contribution in [1.82, 2.24) is 9.78 Å². The molecule has 0 spiro atoms. The predicted molar refractivity (Wildman–Crippen MR) is 87.8 cm³/mol. The van der Waals surface area contributed by atoms with Gasteiger partial charge in [0.15, 0.2) is 5.75 Å². The number of halogens is 3. The van der Waals surface area contributed by atoms with E-state index in [4.69, 9.17) is 0 Å². The van der Waals surface area contributed by atoms with Crippen LogP contribution in [0.3, 0.4) is 0 Å². The number of benzene rings is 2. The second-order valence-corrected chi connectivity index (χ2v) is 5.29. The van der Waals surface area contributed by atoms with Crippen LogP contribution in [0.5, 0.6) is 5.75 Å². The molecule has 1 amide bonds. The van der Waals surface area contributed by atoms with Crippen LogP contribution in [0.1, 0.15) is 0 Å². The fourth-order valence-electron chi connectivity index (χ4n) is 2.35. The fourth-order valence-corrected chi connectivity index (χ4v) is 2.35. The lowest BCUT2D eigenvalue weighted by molar-refractivity contribution is -0.274. The summed E-state index contributed by atoms with van der Waals surface area (Å²) in [7, 11) is 0. The third-order valence-corrected chi connectivity index (χ3v) is 3.44. The normalized spacial score (nSPS) is 11.3. The number of rotatable bonds is 4. The highest BCUT2D eigenvalue weighted by molar-refractivity contribution is 5.92. The quantitative estimate of drug-likeness (QED) is 0.774. The Kier molecular flexibility index (Phi) is 4.61. The molecular weight excluding hydrogens is 351 g/mol. The van der Waals surface area contributed by atoms with Gasteiger partial charge in [-0.1, -0.05) is 30.3 Å². The number of para-hydroxylation sites is 2. The molecule has 3 rings (SSSR count). The molecule has 26 heavy (non-hydrogen) atoms. The summed E-state index contributed by atoms with van der Waals surface area (Å²) in [5, 5.41) is 7.20. The summed E-state index contributed by atoms with van der Waals surface area (Å²) in [6.45, 7) is -0.454. The Balaban J connectivity index is 1.80. The van der Waals surface area contributed by atoms with E-state index in [0.717, 1.165) is 10.7 Å². The minimum atomic E-state index is -4.89. The molecule has 0 bridgehead atoms. The van der Waals surface area contributed by atoms with Crippen molar-refractivity contribution in [3.63, 3.8) is 0 Å². The lowest BCUT2D eigenvalue weighted by Gasteiger charge is -2.14. The number of nitrogens with one attached hydrogen (secondary N) is 1.